The van der Waals surface area contributed by atoms with Gasteiger partial charge in [-0.25, -0.2) is 13.2 Å². The van der Waals surface area contributed by atoms with Crippen LogP contribution in [0.25, 0.3) is 0 Å². The highest BCUT2D eigenvalue weighted by Crippen LogP contribution is 2.37. The summed E-state index contributed by atoms with van der Waals surface area (Å²) in [7, 11) is -3.13. The van der Waals surface area contributed by atoms with E-state index >= 15 is 0 Å². The summed E-state index contributed by atoms with van der Waals surface area (Å²) in [6.07, 6.45) is 0.629. The largest absolute Gasteiger partial charge is 0.493 e. The molecule has 3 rings (SSSR count). The van der Waals surface area contributed by atoms with Crippen molar-refractivity contribution in [2.24, 2.45) is 0 Å². The fourth-order valence-electron chi connectivity index (χ4n) is 2.68. The van der Waals surface area contributed by atoms with E-state index < -0.39 is 39.6 Å². The summed E-state index contributed by atoms with van der Waals surface area (Å²) in [4.78, 5) is 11.3. The topological polar surface area (TPSA) is 120 Å². The second-order valence-electron chi connectivity index (χ2n) is 6.00. The van der Waals surface area contributed by atoms with Gasteiger partial charge in [-0.15, -0.1) is 0 Å². The Balaban J connectivity index is 2.00. The molecule has 30 heavy (non-hydrogen) atoms. The minimum absolute atomic E-state index is 0.213. The van der Waals surface area contributed by atoms with E-state index in [1.54, 1.807) is 0 Å². The van der Waals surface area contributed by atoms with Crippen LogP contribution in [0.2, 0.25) is 0 Å². The number of carboxylic acid groups (broad SMARTS) is 1. The van der Waals surface area contributed by atoms with E-state index in [0.717, 1.165) is 19.2 Å². The van der Waals surface area contributed by atoms with Crippen LogP contribution in [0.3, 0.4) is 0 Å². The average molecular weight is 445 g/mol. The number of anilines is 1. The first-order chi connectivity index (χ1) is 14.2. The summed E-state index contributed by atoms with van der Waals surface area (Å²) in [5, 5.41) is 9.39. The number of rotatable bonds is 7. The maximum absolute atomic E-state index is 12.8. The maximum Gasteiger partial charge on any atom is 0.387 e. The Kier molecular flexibility index (Phi) is 6.15. The third kappa shape index (κ3) is 4.64. The number of hydrogen-bond donors (Lipinski definition) is 2. The molecule has 0 unspecified atom stereocenters. The predicted octanol–water partition coefficient (Wildman–Crippen LogP) is 2.96. The zero-order valence-electron chi connectivity index (χ0n) is 15.6. The standard InChI is InChI=1S/C18H17F2NO8S/c1-26-14-9-12(11(17(22)23)8-16(14)29-18(19)20)21-30(24,25)10-3-4-13-15(7-10)28-6-2-5-27-13/h3-4,7-9,18,21H,2,5-6H2,1H3,(H,22,23). The second kappa shape index (κ2) is 8.61. The van der Waals surface area contributed by atoms with E-state index in [2.05, 4.69) is 9.46 Å². The van der Waals surface area contributed by atoms with Crippen LogP contribution in [-0.4, -0.2) is 46.4 Å². The molecule has 9 nitrogen and oxygen atoms in total. The molecule has 2 aromatic carbocycles. The third-order valence-electron chi connectivity index (χ3n) is 4.02. The van der Waals surface area contributed by atoms with E-state index in [4.69, 9.17) is 14.2 Å². The molecular formula is C18H17F2NO8S. The summed E-state index contributed by atoms with van der Waals surface area (Å²) in [6, 6.07) is 5.63. The second-order valence-corrected chi connectivity index (χ2v) is 7.68. The summed E-state index contributed by atoms with van der Waals surface area (Å²) in [5.41, 5.74) is -1.00. The summed E-state index contributed by atoms with van der Waals surface area (Å²) in [5.74, 6) is -1.78. The fourth-order valence-corrected chi connectivity index (χ4v) is 3.77. The highest BCUT2D eigenvalue weighted by molar-refractivity contribution is 7.92. The number of fused-ring (bicyclic) bond motifs is 1. The van der Waals surface area contributed by atoms with E-state index in [0.29, 0.717) is 25.4 Å². The van der Waals surface area contributed by atoms with Crippen molar-refractivity contribution in [3.8, 4) is 23.0 Å². The van der Waals surface area contributed by atoms with Gasteiger partial charge >= 0.3 is 12.6 Å². The monoisotopic (exact) mass is 445 g/mol. The van der Waals surface area contributed by atoms with Gasteiger partial charge in [0.15, 0.2) is 23.0 Å². The number of nitrogens with one attached hydrogen (secondary N) is 1. The van der Waals surface area contributed by atoms with Gasteiger partial charge in [0, 0.05) is 24.6 Å². The number of hydrogen-bond acceptors (Lipinski definition) is 7. The van der Waals surface area contributed by atoms with Crippen molar-refractivity contribution in [3.05, 3.63) is 35.9 Å². The Morgan fingerprint density at radius 2 is 1.83 bits per heavy atom. The SMILES string of the molecule is COc1cc(NS(=O)(=O)c2ccc3c(c2)OCCCO3)c(C(=O)O)cc1OC(F)F. The molecule has 0 aliphatic carbocycles. The van der Waals surface area contributed by atoms with Gasteiger partial charge in [-0.3, -0.25) is 4.72 Å². The number of carboxylic acids is 1. The zero-order valence-corrected chi connectivity index (χ0v) is 16.4. The molecule has 2 aromatic rings. The van der Waals surface area contributed by atoms with Crippen LogP contribution in [0.15, 0.2) is 35.2 Å². The Hall–Kier alpha value is -3.28. The van der Waals surface area contributed by atoms with Crippen LogP contribution >= 0.6 is 0 Å². The molecule has 0 spiro atoms. The molecule has 1 aliphatic rings. The normalized spacial score (nSPS) is 13.5. The number of sulfonamides is 1. The van der Waals surface area contributed by atoms with Crippen molar-refractivity contribution in [2.75, 3.05) is 25.0 Å². The van der Waals surface area contributed by atoms with Gasteiger partial charge in [0.25, 0.3) is 10.0 Å². The Labute approximate surface area is 170 Å². The first-order valence-electron chi connectivity index (χ1n) is 8.54. The van der Waals surface area contributed by atoms with Gasteiger partial charge in [0.2, 0.25) is 0 Å². The number of halogens is 2. The van der Waals surface area contributed by atoms with Crippen LogP contribution in [-0.2, 0) is 10.0 Å². The molecule has 12 heteroatoms. The fraction of sp³-hybridized carbons (Fsp3) is 0.278. The molecule has 162 valence electrons. The Bertz CT molecular complexity index is 1060. The molecule has 2 N–H and O–H groups in total. The lowest BCUT2D eigenvalue weighted by atomic mass is 10.1. The van der Waals surface area contributed by atoms with Gasteiger partial charge in [-0.1, -0.05) is 0 Å². The van der Waals surface area contributed by atoms with E-state index in [1.165, 1.54) is 18.2 Å². The zero-order chi connectivity index (χ0) is 21.9. The molecule has 0 atom stereocenters. The van der Waals surface area contributed by atoms with E-state index in [9.17, 15) is 27.1 Å². The van der Waals surface area contributed by atoms with Gasteiger partial charge in [-0.05, 0) is 12.1 Å². The lowest BCUT2D eigenvalue weighted by Gasteiger charge is -2.16. The summed E-state index contributed by atoms with van der Waals surface area (Å²) >= 11 is 0. The lowest BCUT2D eigenvalue weighted by Crippen LogP contribution is -2.16. The van der Waals surface area contributed by atoms with Crippen molar-refractivity contribution in [2.45, 2.75) is 17.9 Å². The number of ether oxygens (including phenoxy) is 4. The highest BCUT2D eigenvalue weighted by Gasteiger charge is 2.24. The molecule has 1 heterocycles. The first kappa shape index (κ1) is 21.4. The number of aromatic carboxylic acids is 1. The van der Waals surface area contributed by atoms with Crippen molar-refractivity contribution < 1.29 is 46.0 Å². The smallest absolute Gasteiger partial charge is 0.387 e. The predicted molar refractivity (Wildman–Crippen MR) is 99.4 cm³/mol. The molecule has 0 saturated carbocycles. The van der Waals surface area contributed by atoms with Crippen LogP contribution < -0.4 is 23.7 Å². The molecule has 0 radical (unpaired) electrons. The molecular weight excluding hydrogens is 428 g/mol. The average Bonchev–Trinajstić information content (AvgIpc) is 2.92. The van der Waals surface area contributed by atoms with Gasteiger partial charge in [-0.2, -0.15) is 8.78 Å². The van der Waals surface area contributed by atoms with Crippen molar-refractivity contribution >= 4 is 21.7 Å². The third-order valence-corrected chi connectivity index (χ3v) is 5.39. The lowest BCUT2D eigenvalue weighted by molar-refractivity contribution is -0.0512. The molecule has 0 amide bonds. The number of alkyl halides is 2. The Morgan fingerprint density at radius 3 is 2.47 bits per heavy atom. The minimum atomic E-state index is -4.27. The highest BCUT2D eigenvalue weighted by atomic mass is 32.2. The van der Waals surface area contributed by atoms with Crippen molar-refractivity contribution in [1.82, 2.24) is 0 Å². The van der Waals surface area contributed by atoms with Crippen molar-refractivity contribution in [1.29, 1.82) is 0 Å². The molecule has 0 saturated heterocycles. The van der Waals surface area contributed by atoms with E-state index in [-0.39, 0.29) is 16.4 Å². The van der Waals surface area contributed by atoms with E-state index in [1.807, 2.05) is 0 Å². The summed E-state index contributed by atoms with van der Waals surface area (Å²) in [6.45, 7) is -2.47. The van der Waals surface area contributed by atoms with Crippen LogP contribution in [0, 0.1) is 0 Å². The minimum Gasteiger partial charge on any atom is -0.493 e. The summed E-state index contributed by atoms with van der Waals surface area (Å²) < 4.78 is 73.0. The van der Waals surface area contributed by atoms with Crippen LogP contribution in [0.1, 0.15) is 16.8 Å². The van der Waals surface area contributed by atoms with Crippen molar-refractivity contribution in [3.63, 3.8) is 0 Å². The first-order valence-corrected chi connectivity index (χ1v) is 10.0. The van der Waals surface area contributed by atoms with Gasteiger partial charge < -0.3 is 24.1 Å². The molecule has 0 aromatic heterocycles. The number of benzene rings is 2. The quantitative estimate of drug-likeness (QED) is 0.668. The van der Waals surface area contributed by atoms with Gasteiger partial charge in [0.1, 0.15) is 0 Å². The number of carbonyl (C=O) groups is 1. The van der Waals surface area contributed by atoms with Crippen LogP contribution in [0.4, 0.5) is 14.5 Å². The van der Waals surface area contributed by atoms with Gasteiger partial charge in [0.05, 0.1) is 36.5 Å². The maximum atomic E-state index is 12.8. The molecule has 0 bridgehead atoms. The molecule has 0 fully saturated rings. The molecule has 1 aliphatic heterocycles. The Morgan fingerprint density at radius 1 is 1.13 bits per heavy atom. The van der Waals surface area contributed by atoms with Crippen LogP contribution in [0.5, 0.6) is 23.0 Å². The number of methoxy groups -OCH3 is 1.